The number of nitrogens with one attached hydrogen (secondary N) is 1. The van der Waals surface area contributed by atoms with Crippen LogP contribution in [0.15, 0.2) is 60.7 Å². The summed E-state index contributed by atoms with van der Waals surface area (Å²) in [5, 5.41) is 3.72. The van der Waals surface area contributed by atoms with Crippen LogP contribution in [-0.2, 0) is 6.42 Å². The predicted octanol–water partition coefficient (Wildman–Crippen LogP) is 6.44. The summed E-state index contributed by atoms with van der Waals surface area (Å²) in [6.07, 6.45) is 0.747. The van der Waals surface area contributed by atoms with Crippen molar-refractivity contribution in [3.63, 3.8) is 0 Å². The Morgan fingerprint density at radius 2 is 1.72 bits per heavy atom. The number of aromatic nitrogens is 2. The molecule has 0 atom stereocenters. The van der Waals surface area contributed by atoms with Crippen LogP contribution in [-0.4, -0.2) is 9.97 Å². The zero-order chi connectivity index (χ0) is 17.4. The summed E-state index contributed by atoms with van der Waals surface area (Å²) in [6, 6.07) is 20.4. The second-order valence-corrected chi connectivity index (χ2v) is 6.98. The number of imidazole rings is 1. The highest BCUT2D eigenvalue weighted by Gasteiger charge is 2.13. The van der Waals surface area contributed by atoms with E-state index in [0.29, 0.717) is 10.0 Å². The molecule has 3 aromatic carbocycles. The van der Waals surface area contributed by atoms with Crippen LogP contribution in [0.25, 0.3) is 22.0 Å². The summed E-state index contributed by atoms with van der Waals surface area (Å²) in [5.74, 6) is 0.925. The molecule has 124 valence electrons. The van der Waals surface area contributed by atoms with E-state index in [0.717, 1.165) is 29.2 Å². The van der Waals surface area contributed by atoms with Crippen LogP contribution in [0.5, 0.6) is 0 Å². The topological polar surface area (TPSA) is 28.7 Å². The van der Waals surface area contributed by atoms with Crippen molar-refractivity contribution in [2.24, 2.45) is 0 Å². The number of nitrogens with zero attached hydrogens (tertiary/aromatic N) is 1. The van der Waals surface area contributed by atoms with Crippen LogP contribution in [0.1, 0.15) is 17.1 Å². The van der Waals surface area contributed by atoms with E-state index in [9.17, 15) is 0 Å². The minimum atomic E-state index is 0.611. The second kappa shape index (κ2) is 6.55. The fourth-order valence-corrected chi connectivity index (χ4v) is 3.59. The van der Waals surface area contributed by atoms with Crippen molar-refractivity contribution in [1.29, 1.82) is 0 Å². The first kappa shape index (κ1) is 16.2. The molecule has 1 N–H and O–H groups in total. The lowest BCUT2D eigenvalue weighted by Crippen LogP contribution is -1.91. The van der Waals surface area contributed by atoms with Gasteiger partial charge in [0.05, 0.1) is 10.7 Å². The third-order valence-electron chi connectivity index (χ3n) is 4.31. The molecule has 0 aliphatic rings. The van der Waals surface area contributed by atoms with E-state index in [1.54, 1.807) is 6.07 Å². The number of benzene rings is 3. The van der Waals surface area contributed by atoms with Crippen LogP contribution in [0, 0.1) is 6.92 Å². The number of rotatable bonds is 3. The molecule has 0 unspecified atom stereocenters. The quantitative estimate of drug-likeness (QED) is 0.444. The standard InChI is InChI=1S/C21H16Cl2N2/c1-13-21(18-9-8-17(22)12-19(18)23)25-20(24-13)11-14-6-7-15-4-2-3-5-16(15)10-14/h2-10,12H,11H2,1H3,(H,24,25). The summed E-state index contributed by atoms with van der Waals surface area (Å²) in [6.45, 7) is 2.01. The highest BCUT2D eigenvalue weighted by molar-refractivity contribution is 6.36. The Labute approximate surface area is 156 Å². The molecule has 0 saturated heterocycles. The van der Waals surface area contributed by atoms with Gasteiger partial charge in [0.1, 0.15) is 5.82 Å². The van der Waals surface area contributed by atoms with Crippen molar-refractivity contribution in [3.8, 4) is 11.3 Å². The van der Waals surface area contributed by atoms with Gasteiger partial charge in [-0.25, -0.2) is 4.98 Å². The third-order valence-corrected chi connectivity index (χ3v) is 4.85. The fraction of sp³-hybridized carbons (Fsp3) is 0.0952. The Balaban J connectivity index is 1.67. The van der Waals surface area contributed by atoms with E-state index in [1.165, 1.54) is 16.3 Å². The summed E-state index contributed by atoms with van der Waals surface area (Å²) >= 11 is 12.3. The Kier molecular flexibility index (Phi) is 4.24. The van der Waals surface area contributed by atoms with Crippen LogP contribution in [0.2, 0.25) is 10.0 Å². The number of hydrogen-bond acceptors (Lipinski definition) is 1. The first-order valence-electron chi connectivity index (χ1n) is 8.09. The van der Waals surface area contributed by atoms with Gasteiger partial charge in [0.2, 0.25) is 0 Å². The lowest BCUT2D eigenvalue weighted by atomic mass is 10.1. The highest BCUT2D eigenvalue weighted by atomic mass is 35.5. The average molecular weight is 367 g/mol. The Morgan fingerprint density at radius 1 is 0.920 bits per heavy atom. The van der Waals surface area contributed by atoms with E-state index in [2.05, 4.69) is 47.4 Å². The SMILES string of the molecule is Cc1[nH]c(Cc2ccc3ccccc3c2)nc1-c1ccc(Cl)cc1Cl. The molecule has 1 heterocycles. The molecular formula is C21H16Cl2N2. The molecule has 0 aliphatic carbocycles. The number of aromatic amines is 1. The van der Waals surface area contributed by atoms with Crippen molar-refractivity contribution in [1.82, 2.24) is 9.97 Å². The van der Waals surface area contributed by atoms with Crippen LogP contribution < -0.4 is 0 Å². The lowest BCUT2D eigenvalue weighted by molar-refractivity contribution is 1.02. The minimum absolute atomic E-state index is 0.611. The van der Waals surface area contributed by atoms with Gasteiger partial charge in [-0.1, -0.05) is 65.7 Å². The molecule has 0 amide bonds. The number of hydrogen-bond donors (Lipinski definition) is 1. The van der Waals surface area contributed by atoms with Gasteiger partial charge >= 0.3 is 0 Å². The fourth-order valence-electron chi connectivity index (χ4n) is 3.09. The number of fused-ring (bicyclic) bond motifs is 1. The molecule has 2 nitrogen and oxygen atoms in total. The number of halogens is 2. The summed E-state index contributed by atoms with van der Waals surface area (Å²) < 4.78 is 0. The molecule has 1 aromatic heterocycles. The average Bonchev–Trinajstić information content (AvgIpc) is 2.95. The second-order valence-electron chi connectivity index (χ2n) is 6.14. The highest BCUT2D eigenvalue weighted by Crippen LogP contribution is 2.31. The molecule has 0 aliphatic heterocycles. The maximum atomic E-state index is 6.33. The van der Waals surface area contributed by atoms with Crippen molar-refractivity contribution in [3.05, 3.63) is 87.8 Å². The van der Waals surface area contributed by atoms with Gasteiger partial charge in [-0.05, 0) is 41.5 Å². The van der Waals surface area contributed by atoms with Crippen LogP contribution >= 0.6 is 23.2 Å². The third kappa shape index (κ3) is 3.28. The normalized spacial score (nSPS) is 11.2. The molecule has 4 rings (SSSR count). The van der Waals surface area contributed by atoms with Gasteiger partial charge in [0.15, 0.2) is 0 Å². The summed E-state index contributed by atoms with van der Waals surface area (Å²) in [4.78, 5) is 8.14. The zero-order valence-corrected chi connectivity index (χ0v) is 15.2. The molecule has 25 heavy (non-hydrogen) atoms. The molecule has 4 aromatic rings. The van der Waals surface area contributed by atoms with E-state index >= 15 is 0 Å². The molecule has 0 bridgehead atoms. The van der Waals surface area contributed by atoms with E-state index < -0.39 is 0 Å². The van der Waals surface area contributed by atoms with E-state index in [1.807, 2.05) is 19.1 Å². The molecule has 4 heteroatoms. The van der Waals surface area contributed by atoms with Gasteiger partial charge < -0.3 is 4.98 Å². The van der Waals surface area contributed by atoms with Crippen molar-refractivity contribution in [2.45, 2.75) is 13.3 Å². The van der Waals surface area contributed by atoms with Crippen LogP contribution in [0.3, 0.4) is 0 Å². The van der Waals surface area contributed by atoms with Gasteiger partial charge in [-0.15, -0.1) is 0 Å². The summed E-state index contributed by atoms with van der Waals surface area (Å²) in [7, 11) is 0. The Bertz CT molecular complexity index is 1070. The number of H-pyrrole nitrogens is 1. The molecule has 0 fully saturated rings. The predicted molar refractivity (Wildman–Crippen MR) is 106 cm³/mol. The Morgan fingerprint density at radius 3 is 2.52 bits per heavy atom. The maximum Gasteiger partial charge on any atom is 0.111 e. The maximum absolute atomic E-state index is 6.33. The van der Waals surface area contributed by atoms with Gasteiger partial charge in [0, 0.05) is 22.7 Å². The van der Waals surface area contributed by atoms with Crippen molar-refractivity contribution >= 4 is 34.0 Å². The largest absolute Gasteiger partial charge is 0.345 e. The zero-order valence-electron chi connectivity index (χ0n) is 13.7. The monoisotopic (exact) mass is 366 g/mol. The van der Waals surface area contributed by atoms with Crippen molar-refractivity contribution < 1.29 is 0 Å². The minimum Gasteiger partial charge on any atom is -0.345 e. The first-order valence-corrected chi connectivity index (χ1v) is 8.84. The van der Waals surface area contributed by atoms with Gasteiger partial charge in [-0.2, -0.15) is 0 Å². The molecule has 0 radical (unpaired) electrons. The first-order chi connectivity index (χ1) is 12.1. The van der Waals surface area contributed by atoms with Crippen LogP contribution in [0.4, 0.5) is 0 Å². The Hall–Kier alpha value is -2.29. The number of aryl methyl sites for hydroxylation is 1. The molecular weight excluding hydrogens is 351 g/mol. The smallest absolute Gasteiger partial charge is 0.111 e. The molecule has 0 spiro atoms. The van der Waals surface area contributed by atoms with Gasteiger partial charge in [0.25, 0.3) is 0 Å². The lowest BCUT2D eigenvalue weighted by Gasteiger charge is -2.03. The summed E-state index contributed by atoms with van der Waals surface area (Å²) in [5.41, 5.74) is 3.99. The van der Waals surface area contributed by atoms with Gasteiger partial charge in [-0.3, -0.25) is 0 Å². The van der Waals surface area contributed by atoms with Crippen molar-refractivity contribution in [2.75, 3.05) is 0 Å². The molecule has 0 saturated carbocycles. The van der Waals surface area contributed by atoms with E-state index in [4.69, 9.17) is 28.2 Å². The van der Waals surface area contributed by atoms with E-state index in [-0.39, 0.29) is 0 Å².